The number of carbonyl (C=O) groups is 3. The fourth-order valence-corrected chi connectivity index (χ4v) is 4.16. The molecule has 1 saturated carbocycles. The van der Waals surface area contributed by atoms with Crippen molar-refractivity contribution in [2.24, 2.45) is 0 Å². The number of hydrogen-bond acceptors (Lipinski definition) is 4. The Morgan fingerprint density at radius 1 is 1.09 bits per heavy atom. The fraction of sp³-hybridized carbons (Fsp3) is 0.333. The molecule has 164 valence electrons. The Bertz CT molecular complexity index is 1180. The van der Waals surface area contributed by atoms with Crippen LogP contribution in [0.15, 0.2) is 42.5 Å². The second-order valence-corrected chi connectivity index (χ2v) is 8.41. The second kappa shape index (κ2) is 8.45. The predicted molar refractivity (Wildman–Crippen MR) is 122 cm³/mol. The van der Waals surface area contributed by atoms with Crippen LogP contribution >= 0.6 is 0 Å². The van der Waals surface area contributed by atoms with Crippen LogP contribution in [0.5, 0.6) is 0 Å². The van der Waals surface area contributed by atoms with E-state index in [1.807, 2.05) is 18.2 Å². The maximum Gasteiger partial charge on any atom is 0.251 e. The van der Waals surface area contributed by atoms with E-state index in [2.05, 4.69) is 20.6 Å². The smallest absolute Gasteiger partial charge is 0.251 e. The first-order valence-electron chi connectivity index (χ1n) is 11.0. The van der Waals surface area contributed by atoms with Gasteiger partial charge in [0.15, 0.2) is 0 Å². The van der Waals surface area contributed by atoms with Gasteiger partial charge in [0.1, 0.15) is 5.82 Å². The molecule has 0 bridgehead atoms. The fourth-order valence-electron chi connectivity index (χ4n) is 4.16. The topological polar surface area (TPSA) is 107 Å². The minimum atomic E-state index is -0.339. The molecule has 3 amide bonds. The van der Waals surface area contributed by atoms with E-state index in [0.717, 1.165) is 29.0 Å². The van der Waals surface area contributed by atoms with Crippen LogP contribution in [0.4, 0.5) is 11.4 Å². The van der Waals surface area contributed by atoms with Gasteiger partial charge in [-0.15, -0.1) is 0 Å². The number of hydrogen-bond donors (Lipinski definition) is 3. The number of amides is 3. The molecule has 0 radical (unpaired) electrons. The Morgan fingerprint density at radius 2 is 1.91 bits per heavy atom. The van der Waals surface area contributed by atoms with E-state index >= 15 is 0 Å². The Morgan fingerprint density at radius 3 is 2.59 bits per heavy atom. The van der Waals surface area contributed by atoms with Crippen molar-refractivity contribution in [3.8, 4) is 0 Å². The highest BCUT2D eigenvalue weighted by atomic mass is 16.2. The molecule has 0 atom stereocenters. The Balaban J connectivity index is 1.15. The molecule has 5 rings (SSSR count). The third kappa shape index (κ3) is 4.08. The van der Waals surface area contributed by atoms with Crippen molar-refractivity contribution in [2.45, 2.75) is 38.0 Å². The summed E-state index contributed by atoms with van der Waals surface area (Å²) in [6, 6.07) is 12.4. The maximum absolute atomic E-state index is 12.4. The molecule has 0 spiro atoms. The number of H-pyrrole nitrogens is 1. The van der Waals surface area contributed by atoms with Crippen molar-refractivity contribution >= 4 is 40.1 Å². The number of aromatic nitrogens is 2. The zero-order chi connectivity index (χ0) is 22.1. The molecule has 1 aliphatic heterocycles. The molecule has 1 aromatic heterocycles. The number of anilines is 2. The molecule has 2 aliphatic rings. The van der Waals surface area contributed by atoms with Crippen LogP contribution in [0, 0.1) is 0 Å². The number of nitrogens with one attached hydrogen (secondary N) is 3. The summed E-state index contributed by atoms with van der Waals surface area (Å²) in [6.45, 7) is 0.566. The summed E-state index contributed by atoms with van der Waals surface area (Å²) in [7, 11) is 0. The molecule has 3 aromatic rings. The number of imidazole rings is 1. The average molecular weight is 431 g/mol. The summed E-state index contributed by atoms with van der Waals surface area (Å²) < 4.78 is 0. The number of aromatic amines is 1. The number of benzene rings is 2. The van der Waals surface area contributed by atoms with Crippen molar-refractivity contribution in [2.75, 3.05) is 23.3 Å². The third-order valence-corrected chi connectivity index (χ3v) is 6.20. The Labute approximate surface area is 185 Å². The molecule has 8 heteroatoms. The molecular formula is C24H25N5O3. The summed E-state index contributed by atoms with van der Waals surface area (Å²) in [5.41, 5.74) is 3.66. The van der Waals surface area contributed by atoms with Crippen LogP contribution < -0.4 is 15.5 Å². The highest BCUT2D eigenvalue weighted by molar-refractivity contribution is 6.00. The van der Waals surface area contributed by atoms with Gasteiger partial charge in [0, 0.05) is 35.8 Å². The second-order valence-electron chi connectivity index (χ2n) is 8.41. The zero-order valence-electron chi connectivity index (χ0n) is 17.7. The summed E-state index contributed by atoms with van der Waals surface area (Å²) in [5.74, 6) is 0.985. The van der Waals surface area contributed by atoms with Gasteiger partial charge >= 0.3 is 0 Å². The summed E-state index contributed by atoms with van der Waals surface area (Å²) in [5, 5.41) is 5.45. The number of rotatable bonds is 6. The van der Waals surface area contributed by atoms with Crippen LogP contribution in [-0.2, 0) is 9.59 Å². The van der Waals surface area contributed by atoms with Gasteiger partial charge < -0.3 is 20.5 Å². The van der Waals surface area contributed by atoms with E-state index in [1.54, 1.807) is 29.2 Å². The lowest BCUT2D eigenvalue weighted by Gasteiger charge is -2.22. The first-order chi connectivity index (χ1) is 15.6. The van der Waals surface area contributed by atoms with Crippen LogP contribution in [0.1, 0.15) is 54.2 Å². The van der Waals surface area contributed by atoms with Crippen molar-refractivity contribution in [1.29, 1.82) is 0 Å². The van der Waals surface area contributed by atoms with Crippen LogP contribution in [0.25, 0.3) is 11.0 Å². The summed E-state index contributed by atoms with van der Waals surface area (Å²) in [6.07, 6.45) is 5.00. The minimum absolute atomic E-state index is 0.103. The number of carbonyl (C=O) groups excluding carboxylic acids is 3. The van der Waals surface area contributed by atoms with Gasteiger partial charge in [-0.2, -0.15) is 0 Å². The van der Waals surface area contributed by atoms with Gasteiger partial charge in [-0.1, -0.05) is 6.42 Å². The van der Waals surface area contributed by atoms with Gasteiger partial charge in [-0.25, -0.2) is 4.98 Å². The van der Waals surface area contributed by atoms with Gasteiger partial charge in [0.05, 0.1) is 17.6 Å². The van der Waals surface area contributed by atoms with Crippen LogP contribution in [0.3, 0.4) is 0 Å². The third-order valence-electron chi connectivity index (χ3n) is 6.20. The molecule has 1 aliphatic carbocycles. The van der Waals surface area contributed by atoms with Crippen LogP contribution in [0.2, 0.25) is 0 Å². The monoisotopic (exact) mass is 431 g/mol. The van der Waals surface area contributed by atoms with Gasteiger partial charge in [0.2, 0.25) is 11.8 Å². The Hall–Kier alpha value is -3.68. The van der Waals surface area contributed by atoms with Gasteiger partial charge in [0.25, 0.3) is 5.91 Å². The first-order valence-corrected chi connectivity index (χ1v) is 11.0. The lowest BCUT2D eigenvalue weighted by Crippen LogP contribution is -2.32. The van der Waals surface area contributed by atoms with Crippen molar-refractivity contribution in [3.63, 3.8) is 0 Å². The highest BCUT2D eigenvalue weighted by Crippen LogP contribution is 2.35. The molecule has 8 nitrogen and oxygen atoms in total. The quantitative estimate of drug-likeness (QED) is 0.556. The lowest BCUT2D eigenvalue weighted by atomic mass is 9.85. The van der Waals surface area contributed by atoms with Crippen molar-refractivity contribution in [3.05, 3.63) is 53.9 Å². The van der Waals surface area contributed by atoms with E-state index < -0.39 is 0 Å². The van der Waals surface area contributed by atoms with E-state index in [0.29, 0.717) is 30.1 Å². The molecule has 2 fully saturated rings. The SMILES string of the molecule is O=C(CNC(=O)c1ccc(N2CCCC2=O)cc1)Nc1ccc2nc(C3CCC3)[nH]c2c1. The number of fused-ring (bicyclic) bond motifs is 1. The molecule has 3 N–H and O–H groups in total. The van der Waals surface area contributed by atoms with Gasteiger partial charge in [-0.05, 0) is 61.7 Å². The molecule has 1 saturated heterocycles. The first kappa shape index (κ1) is 20.2. The van der Waals surface area contributed by atoms with E-state index in [9.17, 15) is 14.4 Å². The van der Waals surface area contributed by atoms with Gasteiger partial charge in [-0.3, -0.25) is 14.4 Å². The van der Waals surface area contributed by atoms with E-state index in [1.165, 1.54) is 19.3 Å². The average Bonchev–Trinajstić information content (AvgIpc) is 3.36. The standard InChI is InChI=1S/C24H25N5O3/c30-21(26-17-8-11-19-20(13-17)28-23(27-19)15-3-1-4-15)14-25-24(32)16-6-9-18(10-7-16)29-12-2-5-22(29)31/h6-11,13,15H,1-5,12,14H2,(H,25,32)(H,26,30)(H,27,28). The molecule has 0 unspecified atom stereocenters. The normalized spacial score (nSPS) is 16.2. The predicted octanol–water partition coefficient (Wildman–Crippen LogP) is 3.33. The largest absolute Gasteiger partial charge is 0.343 e. The van der Waals surface area contributed by atoms with Crippen molar-refractivity contribution < 1.29 is 14.4 Å². The molecule has 2 aromatic carbocycles. The molecule has 32 heavy (non-hydrogen) atoms. The lowest BCUT2D eigenvalue weighted by molar-refractivity contribution is -0.117. The summed E-state index contributed by atoms with van der Waals surface area (Å²) in [4.78, 5) is 46.3. The number of nitrogens with zero attached hydrogens (tertiary/aromatic N) is 2. The minimum Gasteiger partial charge on any atom is -0.343 e. The molecular weight excluding hydrogens is 406 g/mol. The zero-order valence-corrected chi connectivity index (χ0v) is 17.7. The Kier molecular flexibility index (Phi) is 5.34. The van der Waals surface area contributed by atoms with Crippen LogP contribution in [-0.4, -0.2) is 40.8 Å². The highest BCUT2D eigenvalue weighted by Gasteiger charge is 2.23. The maximum atomic E-state index is 12.4. The van der Waals surface area contributed by atoms with E-state index in [4.69, 9.17) is 0 Å². The van der Waals surface area contributed by atoms with E-state index in [-0.39, 0.29) is 24.3 Å². The van der Waals surface area contributed by atoms with Crippen molar-refractivity contribution in [1.82, 2.24) is 15.3 Å². The summed E-state index contributed by atoms with van der Waals surface area (Å²) >= 11 is 0. The molecule has 2 heterocycles.